The summed E-state index contributed by atoms with van der Waals surface area (Å²) < 4.78 is 0. The van der Waals surface area contributed by atoms with Crippen LogP contribution in [0.4, 0.5) is 5.82 Å². The van der Waals surface area contributed by atoms with Crippen LogP contribution in [-0.2, 0) is 0 Å². The molecule has 21 heavy (non-hydrogen) atoms. The van der Waals surface area contributed by atoms with Gasteiger partial charge in [0, 0.05) is 12.7 Å². The average Bonchev–Trinajstić information content (AvgIpc) is 2.96. The minimum Gasteiger partial charge on any atom is -0.393 e. The fourth-order valence-electron chi connectivity index (χ4n) is 2.00. The quantitative estimate of drug-likeness (QED) is 0.758. The molecule has 6 heteroatoms. The summed E-state index contributed by atoms with van der Waals surface area (Å²) in [7, 11) is 0. The minimum absolute atomic E-state index is 0.326. The SMILES string of the molecule is C[C@@H](O)CCNc1nc(-c2ccccn2)nc2sccc12. The molecule has 0 amide bonds. The fourth-order valence-corrected chi connectivity index (χ4v) is 2.76. The van der Waals surface area contributed by atoms with Crippen molar-refractivity contribution in [3.63, 3.8) is 0 Å². The number of anilines is 1. The molecule has 0 aliphatic rings. The number of fused-ring (bicyclic) bond motifs is 1. The number of pyridine rings is 1. The second-order valence-electron chi connectivity index (χ2n) is 4.81. The van der Waals surface area contributed by atoms with Crippen LogP contribution in [0.25, 0.3) is 21.7 Å². The topological polar surface area (TPSA) is 70.9 Å². The van der Waals surface area contributed by atoms with Crippen LogP contribution in [0, 0.1) is 0 Å². The number of hydrogen-bond donors (Lipinski definition) is 2. The van der Waals surface area contributed by atoms with E-state index >= 15 is 0 Å². The first-order chi connectivity index (χ1) is 10.2. The summed E-state index contributed by atoms with van der Waals surface area (Å²) in [6.45, 7) is 2.45. The van der Waals surface area contributed by atoms with Crippen LogP contribution >= 0.6 is 11.3 Å². The van der Waals surface area contributed by atoms with Crippen molar-refractivity contribution in [2.24, 2.45) is 0 Å². The molecule has 0 saturated carbocycles. The molecule has 3 rings (SSSR count). The van der Waals surface area contributed by atoms with E-state index in [-0.39, 0.29) is 6.10 Å². The standard InChI is InChI=1S/C15H16N4OS/c1-10(20)5-8-17-13-11-6-9-21-15(11)19-14(18-13)12-4-2-3-7-16-12/h2-4,6-7,9-10,20H,5,8H2,1H3,(H,17,18,19)/t10-/m1/s1. The second-order valence-corrected chi connectivity index (χ2v) is 5.71. The number of aromatic nitrogens is 3. The Morgan fingerprint density at radius 1 is 1.29 bits per heavy atom. The number of rotatable bonds is 5. The molecule has 0 saturated heterocycles. The van der Waals surface area contributed by atoms with Gasteiger partial charge in [-0.15, -0.1) is 11.3 Å². The summed E-state index contributed by atoms with van der Waals surface area (Å²) in [5, 5.41) is 15.6. The van der Waals surface area contributed by atoms with Gasteiger partial charge in [-0.2, -0.15) is 0 Å². The van der Waals surface area contributed by atoms with Gasteiger partial charge in [-0.1, -0.05) is 6.07 Å². The third-order valence-corrected chi connectivity index (χ3v) is 3.88. The third kappa shape index (κ3) is 3.17. The van der Waals surface area contributed by atoms with E-state index in [2.05, 4.69) is 20.3 Å². The van der Waals surface area contributed by atoms with Gasteiger partial charge >= 0.3 is 0 Å². The molecule has 3 heterocycles. The maximum absolute atomic E-state index is 9.36. The van der Waals surface area contributed by atoms with Crippen molar-refractivity contribution in [2.75, 3.05) is 11.9 Å². The van der Waals surface area contributed by atoms with Crippen molar-refractivity contribution in [1.82, 2.24) is 15.0 Å². The Bertz CT molecular complexity index is 727. The van der Waals surface area contributed by atoms with Crippen LogP contribution in [-0.4, -0.2) is 32.7 Å². The van der Waals surface area contributed by atoms with Crippen molar-refractivity contribution in [3.8, 4) is 11.5 Å². The lowest BCUT2D eigenvalue weighted by atomic mass is 10.3. The summed E-state index contributed by atoms with van der Waals surface area (Å²) in [6, 6.07) is 7.70. The molecule has 0 fully saturated rings. The Morgan fingerprint density at radius 3 is 2.95 bits per heavy atom. The summed E-state index contributed by atoms with van der Waals surface area (Å²) in [5.74, 6) is 1.41. The highest BCUT2D eigenvalue weighted by atomic mass is 32.1. The molecule has 0 spiro atoms. The van der Waals surface area contributed by atoms with Crippen molar-refractivity contribution in [3.05, 3.63) is 35.8 Å². The Morgan fingerprint density at radius 2 is 2.19 bits per heavy atom. The second kappa shape index (κ2) is 6.15. The van der Waals surface area contributed by atoms with Gasteiger partial charge in [0.15, 0.2) is 5.82 Å². The van der Waals surface area contributed by atoms with Crippen LogP contribution in [0.1, 0.15) is 13.3 Å². The van der Waals surface area contributed by atoms with Gasteiger partial charge in [-0.05, 0) is 36.9 Å². The summed E-state index contributed by atoms with van der Waals surface area (Å²) in [4.78, 5) is 14.4. The number of aliphatic hydroxyl groups excluding tert-OH is 1. The minimum atomic E-state index is -0.326. The van der Waals surface area contributed by atoms with E-state index in [0.717, 1.165) is 21.7 Å². The molecule has 0 aromatic carbocycles. The number of hydrogen-bond acceptors (Lipinski definition) is 6. The highest BCUT2D eigenvalue weighted by Crippen LogP contribution is 2.27. The van der Waals surface area contributed by atoms with Crippen LogP contribution in [0.3, 0.4) is 0 Å². The molecule has 0 aliphatic carbocycles. The molecule has 0 radical (unpaired) electrons. The monoisotopic (exact) mass is 300 g/mol. The van der Waals surface area contributed by atoms with E-state index in [1.807, 2.05) is 29.6 Å². The van der Waals surface area contributed by atoms with Crippen molar-refractivity contribution in [2.45, 2.75) is 19.4 Å². The summed E-state index contributed by atoms with van der Waals surface area (Å²) in [5.41, 5.74) is 0.756. The molecule has 3 aromatic heterocycles. The van der Waals surface area contributed by atoms with Crippen molar-refractivity contribution >= 4 is 27.4 Å². The Balaban J connectivity index is 1.96. The molecule has 1 atom stereocenters. The van der Waals surface area contributed by atoms with E-state index in [9.17, 15) is 5.11 Å². The number of nitrogens with zero attached hydrogens (tertiary/aromatic N) is 3. The Kier molecular flexibility index (Phi) is 4.08. The molecule has 5 nitrogen and oxygen atoms in total. The van der Waals surface area contributed by atoms with Crippen molar-refractivity contribution in [1.29, 1.82) is 0 Å². The molecule has 2 N–H and O–H groups in total. The summed E-state index contributed by atoms with van der Waals surface area (Å²) in [6.07, 6.45) is 2.08. The predicted octanol–water partition coefficient (Wildman–Crippen LogP) is 2.94. The van der Waals surface area contributed by atoms with Crippen LogP contribution < -0.4 is 5.32 Å². The number of aliphatic hydroxyl groups is 1. The van der Waals surface area contributed by atoms with Crippen LogP contribution in [0.2, 0.25) is 0 Å². The van der Waals surface area contributed by atoms with E-state index in [4.69, 9.17) is 0 Å². The maximum Gasteiger partial charge on any atom is 0.181 e. The average molecular weight is 300 g/mol. The smallest absolute Gasteiger partial charge is 0.181 e. The lowest BCUT2D eigenvalue weighted by molar-refractivity contribution is 0.188. The van der Waals surface area contributed by atoms with E-state index in [1.54, 1.807) is 24.5 Å². The highest BCUT2D eigenvalue weighted by molar-refractivity contribution is 7.16. The maximum atomic E-state index is 9.36. The zero-order valence-electron chi connectivity index (χ0n) is 11.7. The van der Waals surface area contributed by atoms with E-state index < -0.39 is 0 Å². The molecule has 0 unspecified atom stereocenters. The Labute approximate surface area is 126 Å². The van der Waals surface area contributed by atoms with Gasteiger partial charge in [0.1, 0.15) is 16.3 Å². The zero-order valence-corrected chi connectivity index (χ0v) is 12.5. The molecule has 0 bridgehead atoms. The normalized spacial score (nSPS) is 12.5. The molecule has 3 aromatic rings. The fraction of sp³-hybridized carbons (Fsp3) is 0.267. The van der Waals surface area contributed by atoms with Gasteiger partial charge in [0.05, 0.1) is 11.5 Å². The Hall–Kier alpha value is -2.05. The van der Waals surface area contributed by atoms with Gasteiger partial charge in [-0.25, -0.2) is 9.97 Å². The first-order valence-electron chi connectivity index (χ1n) is 6.82. The molecule has 108 valence electrons. The van der Waals surface area contributed by atoms with Crippen LogP contribution in [0.5, 0.6) is 0 Å². The lowest BCUT2D eigenvalue weighted by Crippen LogP contribution is -2.11. The van der Waals surface area contributed by atoms with Gasteiger partial charge < -0.3 is 10.4 Å². The lowest BCUT2D eigenvalue weighted by Gasteiger charge is -2.09. The van der Waals surface area contributed by atoms with Gasteiger partial charge in [0.2, 0.25) is 0 Å². The highest BCUT2D eigenvalue weighted by Gasteiger charge is 2.11. The first kappa shape index (κ1) is 13.9. The van der Waals surface area contributed by atoms with Gasteiger partial charge in [-0.3, -0.25) is 4.98 Å². The molecule has 0 aliphatic heterocycles. The molecular weight excluding hydrogens is 284 g/mol. The number of thiophene rings is 1. The third-order valence-electron chi connectivity index (χ3n) is 3.07. The predicted molar refractivity (Wildman–Crippen MR) is 85.4 cm³/mol. The van der Waals surface area contributed by atoms with Gasteiger partial charge in [0.25, 0.3) is 0 Å². The largest absolute Gasteiger partial charge is 0.393 e. The molecular formula is C15H16N4OS. The van der Waals surface area contributed by atoms with E-state index in [0.29, 0.717) is 18.8 Å². The van der Waals surface area contributed by atoms with E-state index in [1.165, 1.54) is 0 Å². The number of nitrogens with one attached hydrogen (secondary N) is 1. The van der Waals surface area contributed by atoms with Crippen LogP contribution in [0.15, 0.2) is 35.8 Å². The van der Waals surface area contributed by atoms with Crippen molar-refractivity contribution < 1.29 is 5.11 Å². The zero-order chi connectivity index (χ0) is 14.7. The first-order valence-corrected chi connectivity index (χ1v) is 7.70. The summed E-state index contributed by atoms with van der Waals surface area (Å²) >= 11 is 1.58.